The lowest BCUT2D eigenvalue weighted by molar-refractivity contribution is 0.668. The monoisotopic (exact) mass is 765 g/mol. The second-order valence-electron chi connectivity index (χ2n) is 15.3. The summed E-state index contributed by atoms with van der Waals surface area (Å²) in [5.74, 6) is 0.652. The normalized spacial score (nSPS) is 11.7. The first-order chi connectivity index (χ1) is 29.7. The highest BCUT2D eigenvalue weighted by atomic mass is 16.3. The summed E-state index contributed by atoms with van der Waals surface area (Å²) in [6.07, 6.45) is 0. The number of nitrogens with zero attached hydrogens (tertiary/aromatic N) is 3. The van der Waals surface area contributed by atoms with Gasteiger partial charge in [0.2, 0.25) is 0 Å². The van der Waals surface area contributed by atoms with Gasteiger partial charge in [-0.3, -0.25) is 0 Å². The van der Waals surface area contributed by atoms with E-state index in [4.69, 9.17) is 14.4 Å². The molecule has 0 aliphatic heterocycles. The van der Waals surface area contributed by atoms with Crippen LogP contribution in [0.3, 0.4) is 0 Å². The molecule has 0 atom stereocenters. The van der Waals surface area contributed by atoms with Gasteiger partial charge in [0.15, 0.2) is 5.82 Å². The highest BCUT2D eigenvalue weighted by Gasteiger charge is 2.20. The van der Waals surface area contributed by atoms with Gasteiger partial charge < -0.3 is 8.98 Å². The van der Waals surface area contributed by atoms with E-state index in [2.05, 4.69) is 193 Å². The molecule has 3 heterocycles. The summed E-state index contributed by atoms with van der Waals surface area (Å²) in [5, 5.41) is 6.94. The van der Waals surface area contributed by atoms with E-state index in [1.807, 2.05) is 24.3 Å². The zero-order valence-electron chi connectivity index (χ0n) is 32.5. The van der Waals surface area contributed by atoms with Gasteiger partial charge in [0.05, 0.1) is 22.4 Å². The molecule has 0 bridgehead atoms. The average Bonchev–Trinajstić information content (AvgIpc) is 3.87. The Morgan fingerprint density at radius 1 is 0.350 bits per heavy atom. The van der Waals surface area contributed by atoms with Crippen molar-refractivity contribution in [1.29, 1.82) is 0 Å². The first-order valence-corrected chi connectivity index (χ1v) is 20.3. The molecule has 0 aliphatic carbocycles. The predicted octanol–water partition coefficient (Wildman–Crippen LogP) is 15.0. The second-order valence-corrected chi connectivity index (χ2v) is 15.3. The van der Waals surface area contributed by atoms with Crippen molar-refractivity contribution in [3.8, 4) is 61.8 Å². The molecule has 60 heavy (non-hydrogen) atoms. The van der Waals surface area contributed by atoms with Gasteiger partial charge in [-0.25, -0.2) is 9.97 Å². The fourth-order valence-electron chi connectivity index (χ4n) is 8.96. The van der Waals surface area contributed by atoms with Crippen molar-refractivity contribution in [3.05, 3.63) is 212 Å². The number of hydrogen-bond donors (Lipinski definition) is 0. The average molecular weight is 766 g/mol. The summed E-state index contributed by atoms with van der Waals surface area (Å²) in [6, 6.07) is 74.9. The van der Waals surface area contributed by atoms with Gasteiger partial charge >= 0.3 is 0 Å². The summed E-state index contributed by atoms with van der Waals surface area (Å²) in [6.45, 7) is 0. The van der Waals surface area contributed by atoms with Crippen LogP contribution in [0.4, 0.5) is 0 Å². The lowest BCUT2D eigenvalue weighted by Gasteiger charge is -2.11. The van der Waals surface area contributed by atoms with Crippen molar-refractivity contribution >= 4 is 54.5 Å². The molecule has 0 saturated heterocycles. The van der Waals surface area contributed by atoms with Crippen LogP contribution in [-0.4, -0.2) is 14.5 Å². The molecule has 0 saturated carbocycles. The molecule has 12 rings (SSSR count). The second kappa shape index (κ2) is 13.8. The van der Waals surface area contributed by atoms with E-state index in [0.29, 0.717) is 5.82 Å². The van der Waals surface area contributed by atoms with Gasteiger partial charge in [-0.15, -0.1) is 0 Å². The number of furan rings is 1. The topological polar surface area (TPSA) is 43.9 Å². The van der Waals surface area contributed by atoms with Crippen molar-refractivity contribution in [2.24, 2.45) is 0 Å². The Hall–Kier alpha value is -8.08. The maximum atomic E-state index is 6.74. The number of aromatic nitrogens is 3. The molecule has 0 amide bonds. The van der Waals surface area contributed by atoms with Crippen LogP contribution in [0.2, 0.25) is 0 Å². The van der Waals surface area contributed by atoms with E-state index in [0.717, 1.165) is 72.3 Å². The van der Waals surface area contributed by atoms with E-state index >= 15 is 0 Å². The predicted molar refractivity (Wildman–Crippen MR) is 248 cm³/mol. The molecule has 0 aliphatic rings. The highest BCUT2D eigenvalue weighted by molar-refractivity contribution is 6.22. The standard InChI is InChI=1S/C56H35N3O/c1-4-13-36(14-5-1)38-23-25-41(26-24-38)49-35-48(40-18-8-3-9-19-40)57-56(58-49)46-21-12-22-52-55(46)45-30-29-43(34-53(45)60-52)59-50-31-28-42(37-15-6-2-7-16-37)33-47(50)54-44-20-11-10-17-39(44)27-32-51(54)59/h1-35H. The zero-order chi connectivity index (χ0) is 39.6. The maximum Gasteiger partial charge on any atom is 0.161 e. The third-order valence-electron chi connectivity index (χ3n) is 11.8. The van der Waals surface area contributed by atoms with Gasteiger partial charge in [0.1, 0.15) is 11.2 Å². The molecule has 3 aromatic heterocycles. The van der Waals surface area contributed by atoms with Gasteiger partial charge in [-0.05, 0) is 75.5 Å². The van der Waals surface area contributed by atoms with Crippen LogP contribution in [0, 0.1) is 0 Å². The van der Waals surface area contributed by atoms with Crippen LogP contribution in [-0.2, 0) is 0 Å². The van der Waals surface area contributed by atoms with Gasteiger partial charge in [-0.1, -0.05) is 164 Å². The smallest absolute Gasteiger partial charge is 0.161 e. The van der Waals surface area contributed by atoms with Crippen LogP contribution in [0.25, 0.3) is 116 Å². The van der Waals surface area contributed by atoms with E-state index in [9.17, 15) is 0 Å². The molecule has 0 unspecified atom stereocenters. The largest absolute Gasteiger partial charge is 0.456 e. The zero-order valence-corrected chi connectivity index (χ0v) is 32.5. The first-order valence-electron chi connectivity index (χ1n) is 20.3. The molecule has 0 N–H and O–H groups in total. The summed E-state index contributed by atoms with van der Waals surface area (Å²) in [7, 11) is 0. The van der Waals surface area contributed by atoms with E-state index in [1.54, 1.807) is 0 Å². The van der Waals surface area contributed by atoms with Crippen molar-refractivity contribution in [3.63, 3.8) is 0 Å². The lowest BCUT2D eigenvalue weighted by atomic mass is 10.0. The fraction of sp³-hybridized carbons (Fsp3) is 0. The number of fused-ring (bicyclic) bond motifs is 8. The Kier molecular flexibility index (Phi) is 7.82. The SMILES string of the molecule is c1ccc(-c2ccc(-c3cc(-c4ccccc4)nc(-c4cccc5oc6cc(-n7c8ccc(-c9ccccc9)cc8c8c9ccccc9ccc87)ccc6c45)n3)cc2)cc1. The summed E-state index contributed by atoms with van der Waals surface area (Å²) in [5.41, 5.74) is 14.4. The van der Waals surface area contributed by atoms with Crippen LogP contribution in [0.15, 0.2) is 217 Å². The van der Waals surface area contributed by atoms with Crippen molar-refractivity contribution < 1.29 is 4.42 Å². The molecule has 0 spiro atoms. The van der Waals surface area contributed by atoms with Gasteiger partial charge in [0.25, 0.3) is 0 Å². The lowest BCUT2D eigenvalue weighted by Crippen LogP contribution is -1.96. The molecule has 12 aromatic rings. The minimum absolute atomic E-state index is 0.652. The molecular formula is C56H35N3O. The third kappa shape index (κ3) is 5.61. The van der Waals surface area contributed by atoms with Crippen molar-refractivity contribution in [2.75, 3.05) is 0 Å². The third-order valence-corrected chi connectivity index (χ3v) is 11.8. The molecule has 9 aromatic carbocycles. The summed E-state index contributed by atoms with van der Waals surface area (Å²) >= 11 is 0. The van der Waals surface area contributed by atoms with E-state index in [-0.39, 0.29) is 0 Å². The highest BCUT2D eigenvalue weighted by Crippen LogP contribution is 2.42. The molecule has 0 fully saturated rings. The Morgan fingerprint density at radius 2 is 0.950 bits per heavy atom. The first kappa shape index (κ1) is 34.0. The Labute approximate surface area is 346 Å². The Morgan fingerprint density at radius 3 is 1.70 bits per heavy atom. The minimum atomic E-state index is 0.652. The molecular weight excluding hydrogens is 731 g/mol. The van der Waals surface area contributed by atoms with Crippen LogP contribution < -0.4 is 0 Å². The quantitative estimate of drug-likeness (QED) is 0.169. The van der Waals surface area contributed by atoms with Crippen LogP contribution >= 0.6 is 0 Å². The van der Waals surface area contributed by atoms with Crippen LogP contribution in [0.5, 0.6) is 0 Å². The fourth-order valence-corrected chi connectivity index (χ4v) is 8.96. The Bertz CT molecular complexity index is 3570. The molecule has 4 heteroatoms. The van der Waals surface area contributed by atoms with Crippen molar-refractivity contribution in [1.82, 2.24) is 14.5 Å². The molecule has 4 nitrogen and oxygen atoms in total. The number of hydrogen-bond acceptors (Lipinski definition) is 3. The van der Waals surface area contributed by atoms with E-state index in [1.165, 1.54) is 38.2 Å². The molecule has 0 radical (unpaired) electrons. The van der Waals surface area contributed by atoms with Crippen LogP contribution in [0.1, 0.15) is 0 Å². The molecule has 280 valence electrons. The van der Waals surface area contributed by atoms with Gasteiger partial charge in [-0.2, -0.15) is 0 Å². The summed E-state index contributed by atoms with van der Waals surface area (Å²) in [4.78, 5) is 10.5. The minimum Gasteiger partial charge on any atom is -0.456 e. The number of benzene rings is 9. The van der Waals surface area contributed by atoms with Gasteiger partial charge in [0, 0.05) is 50.0 Å². The Balaban J connectivity index is 1.03. The van der Waals surface area contributed by atoms with E-state index < -0.39 is 0 Å². The van der Waals surface area contributed by atoms with Crippen molar-refractivity contribution in [2.45, 2.75) is 0 Å². The summed E-state index contributed by atoms with van der Waals surface area (Å²) < 4.78 is 9.12. The maximum absolute atomic E-state index is 6.74. The number of rotatable bonds is 6.